The van der Waals surface area contributed by atoms with E-state index in [0.29, 0.717) is 11.1 Å². The van der Waals surface area contributed by atoms with Gasteiger partial charge < -0.3 is 9.73 Å². The lowest BCUT2D eigenvalue weighted by molar-refractivity contribution is -0.137. The van der Waals surface area contributed by atoms with E-state index in [9.17, 15) is 22.8 Å². The molecule has 0 bridgehead atoms. The lowest BCUT2D eigenvalue weighted by Crippen LogP contribution is -2.16. The lowest BCUT2D eigenvalue weighted by Gasteiger charge is -2.10. The molecule has 0 unspecified atom stereocenters. The number of aryl methyl sites for hydroxylation is 1. The largest absolute Gasteiger partial charge is 0.420 e. The Kier molecular flexibility index (Phi) is 5.14. The first-order chi connectivity index (χ1) is 14.7. The van der Waals surface area contributed by atoms with Crippen molar-refractivity contribution < 1.29 is 22.4 Å². The molecule has 4 rings (SSSR count). The third-order valence-corrected chi connectivity index (χ3v) is 4.84. The van der Waals surface area contributed by atoms with Crippen LogP contribution >= 0.6 is 0 Å². The minimum atomic E-state index is -4.51. The zero-order valence-corrected chi connectivity index (χ0v) is 16.4. The number of carbonyl (C=O) groups excluding carboxylic acids is 1. The molecule has 0 atom stereocenters. The molecule has 3 aromatic carbocycles. The zero-order chi connectivity index (χ0) is 22.2. The van der Waals surface area contributed by atoms with E-state index >= 15 is 0 Å². The van der Waals surface area contributed by atoms with Gasteiger partial charge in [-0.25, -0.2) is 4.79 Å². The maximum absolute atomic E-state index is 12.9. The van der Waals surface area contributed by atoms with Crippen molar-refractivity contribution in [1.82, 2.24) is 4.57 Å². The predicted octanol–water partition coefficient (Wildman–Crippen LogP) is 5.22. The highest BCUT2D eigenvalue weighted by Gasteiger charge is 2.30. The van der Waals surface area contributed by atoms with E-state index in [1.165, 1.54) is 34.9 Å². The van der Waals surface area contributed by atoms with Gasteiger partial charge in [0.05, 0.1) is 17.6 Å². The molecule has 1 amide bonds. The van der Waals surface area contributed by atoms with Crippen molar-refractivity contribution in [3.8, 4) is 0 Å². The molecule has 0 fully saturated rings. The number of amides is 1. The smallest absolute Gasteiger partial charge is 0.408 e. The Bertz CT molecular complexity index is 1320. The second-order valence-electron chi connectivity index (χ2n) is 7.15. The van der Waals surface area contributed by atoms with E-state index in [1.807, 2.05) is 31.2 Å². The van der Waals surface area contributed by atoms with Gasteiger partial charge in [0.25, 0.3) is 5.91 Å². The number of halogens is 3. The Hall–Kier alpha value is -3.81. The summed E-state index contributed by atoms with van der Waals surface area (Å²) < 4.78 is 45.3. The first-order valence-electron chi connectivity index (χ1n) is 9.38. The number of aromatic nitrogens is 1. The van der Waals surface area contributed by atoms with E-state index < -0.39 is 23.4 Å². The monoisotopic (exact) mass is 426 g/mol. The summed E-state index contributed by atoms with van der Waals surface area (Å²) >= 11 is 0. The molecule has 0 saturated carbocycles. The number of nitrogens with one attached hydrogen (secondary N) is 1. The summed E-state index contributed by atoms with van der Waals surface area (Å²) in [7, 11) is 0. The van der Waals surface area contributed by atoms with Gasteiger partial charge in [-0.15, -0.1) is 0 Å². The second kappa shape index (κ2) is 7.79. The van der Waals surface area contributed by atoms with Crippen molar-refractivity contribution in [1.29, 1.82) is 0 Å². The van der Waals surface area contributed by atoms with Gasteiger partial charge in [-0.05, 0) is 48.9 Å². The van der Waals surface area contributed by atoms with Gasteiger partial charge in [0.15, 0.2) is 5.58 Å². The van der Waals surface area contributed by atoms with Crippen molar-refractivity contribution in [2.24, 2.45) is 0 Å². The Morgan fingerprint density at radius 2 is 1.77 bits per heavy atom. The molecule has 0 aliphatic heterocycles. The fraction of sp³-hybridized carbons (Fsp3) is 0.130. The fourth-order valence-corrected chi connectivity index (χ4v) is 3.21. The van der Waals surface area contributed by atoms with Crippen LogP contribution in [0.5, 0.6) is 0 Å². The van der Waals surface area contributed by atoms with Gasteiger partial charge in [-0.1, -0.05) is 35.9 Å². The third-order valence-electron chi connectivity index (χ3n) is 4.84. The van der Waals surface area contributed by atoms with Crippen LogP contribution in [0, 0.1) is 6.92 Å². The van der Waals surface area contributed by atoms with Crippen LogP contribution < -0.4 is 11.1 Å². The first-order valence-corrected chi connectivity index (χ1v) is 9.38. The standard InChI is InChI=1S/C23H17F3N2O3/c1-14-5-7-15(8-6-14)13-28-19-11-16(9-10-20(19)31-22(28)30)21(29)27-18-4-2-3-17(12-18)23(24,25)26/h2-12H,13H2,1H3,(H,27,29). The summed E-state index contributed by atoms with van der Waals surface area (Å²) in [5.41, 5.74) is 2.04. The third kappa shape index (κ3) is 4.37. The van der Waals surface area contributed by atoms with Crippen LogP contribution in [0.4, 0.5) is 18.9 Å². The molecular weight excluding hydrogens is 409 g/mol. The quantitative estimate of drug-likeness (QED) is 0.487. The van der Waals surface area contributed by atoms with Gasteiger partial charge >= 0.3 is 11.9 Å². The number of hydrogen-bond acceptors (Lipinski definition) is 3. The summed E-state index contributed by atoms with van der Waals surface area (Å²) in [6.07, 6.45) is -4.51. The van der Waals surface area contributed by atoms with Crippen LogP contribution in [0.1, 0.15) is 27.0 Å². The fourth-order valence-electron chi connectivity index (χ4n) is 3.21. The highest BCUT2D eigenvalue weighted by atomic mass is 19.4. The van der Waals surface area contributed by atoms with Crippen LogP contribution in [0.2, 0.25) is 0 Å². The first kappa shape index (κ1) is 20.5. The molecule has 0 spiro atoms. The molecule has 0 radical (unpaired) electrons. The number of alkyl halides is 3. The molecule has 8 heteroatoms. The summed E-state index contributed by atoms with van der Waals surface area (Å²) in [6, 6.07) is 16.4. The molecule has 31 heavy (non-hydrogen) atoms. The second-order valence-corrected chi connectivity index (χ2v) is 7.15. The number of oxazole rings is 1. The normalized spacial score (nSPS) is 11.6. The molecule has 158 valence electrons. The van der Waals surface area contributed by atoms with Gasteiger partial charge in [0.2, 0.25) is 0 Å². The number of hydrogen-bond donors (Lipinski definition) is 1. The minimum absolute atomic E-state index is 0.0177. The Morgan fingerprint density at radius 3 is 2.48 bits per heavy atom. The maximum Gasteiger partial charge on any atom is 0.420 e. The Labute approximate surface area is 174 Å². The van der Waals surface area contributed by atoms with Gasteiger partial charge in [0, 0.05) is 11.3 Å². The summed E-state index contributed by atoms with van der Waals surface area (Å²) in [6.45, 7) is 2.21. The van der Waals surface area contributed by atoms with Gasteiger partial charge in [0.1, 0.15) is 0 Å². The van der Waals surface area contributed by atoms with Crippen LogP contribution in [0.3, 0.4) is 0 Å². The number of benzene rings is 3. The molecule has 0 aliphatic rings. The van der Waals surface area contributed by atoms with Crippen LogP contribution in [0.25, 0.3) is 11.1 Å². The van der Waals surface area contributed by atoms with E-state index in [4.69, 9.17) is 4.42 Å². The molecule has 4 aromatic rings. The van der Waals surface area contributed by atoms with Crippen LogP contribution in [-0.2, 0) is 12.7 Å². The zero-order valence-electron chi connectivity index (χ0n) is 16.4. The van der Waals surface area contributed by atoms with Crippen molar-refractivity contribution in [2.45, 2.75) is 19.6 Å². The van der Waals surface area contributed by atoms with Crippen molar-refractivity contribution in [3.63, 3.8) is 0 Å². The number of fused-ring (bicyclic) bond motifs is 1. The summed E-state index contributed by atoms with van der Waals surface area (Å²) in [5, 5.41) is 2.46. The average molecular weight is 426 g/mol. The average Bonchev–Trinajstić information content (AvgIpc) is 3.03. The molecule has 5 nitrogen and oxygen atoms in total. The topological polar surface area (TPSA) is 64.2 Å². The Morgan fingerprint density at radius 1 is 1.03 bits per heavy atom. The SMILES string of the molecule is Cc1ccc(Cn2c(=O)oc3ccc(C(=O)Nc4cccc(C(F)(F)F)c4)cc32)cc1. The van der Waals surface area contributed by atoms with E-state index in [-0.39, 0.29) is 17.8 Å². The highest BCUT2D eigenvalue weighted by Crippen LogP contribution is 2.30. The lowest BCUT2D eigenvalue weighted by atomic mass is 10.1. The van der Waals surface area contributed by atoms with E-state index in [1.54, 1.807) is 0 Å². The molecule has 0 saturated heterocycles. The summed E-state index contributed by atoms with van der Waals surface area (Å²) in [4.78, 5) is 24.9. The number of anilines is 1. The van der Waals surface area contributed by atoms with Crippen LogP contribution in [0.15, 0.2) is 75.9 Å². The predicted molar refractivity (Wildman–Crippen MR) is 110 cm³/mol. The highest BCUT2D eigenvalue weighted by molar-refractivity contribution is 6.05. The molecule has 1 heterocycles. The molecular formula is C23H17F3N2O3. The summed E-state index contributed by atoms with van der Waals surface area (Å²) in [5.74, 6) is -1.16. The Balaban J connectivity index is 1.63. The number of nitrogens with zero attached hydrogens (tertiary/aromatic N) is 1. The van der Waals surface area contributed by atoms with Crippen molar-refractivity contribution >= 4 is 22.7 Å². The molecule has 1 aromatic heterocycles. The van der Waals surface area contributed by atoms with Crippen molar-refractivity contribution in [3.05, 3.63) is 99.5 Å². The number of rotatable bonds is 4. The van der Waals surface area contributed by atoms with Gasteiger partial charge in [-0.3, -0.25) is 9.36 Å². The van der Waals surface area contributed by atoms with E-state index in [2.05, 4.69) is 5.32 Å². The molecule has 1 N–H and O–H groups in total. The van der Waals surface area contributed by atoms with Gasteiger partial charge in [-0.2, -0.15) is 13.2 Å². The minimum Gasteiger partial charge on any atom is -0.408 e. The van der Waals surface area contributed by atoms with E-state index in [0.717, 1.165) is 23.3 Å². The maximum atomic E-state index is 12.9. The van der Waals surface area contributed by atoms with Crippen LogP contribution in [-0.4, -0.2) is 10.5 Å². The number of carbonyl (C=O) groups is 1. The van der Waals surface area contributed by atoms with Crippen molar-refractivity contribution in [2.75, 3.05) is 5.32 Å². The molecule has 0 aliphatic carbocycles.